The summed E-state index contributed by atoms with van der Waals surface area (Å²) in [6.07, 6.45) is 4.64. The molecule has 1 N–H and O–H groups in total. The van der Waals surface area contributed by atoms with E-state index in [0.717, 1.165) is 15.6 Å². The van der Waals surface area contributed by atoms with Crippen molar-refractivity contribution in [2.45, 2.75) is 4.90 Å². The number of anilines is 1. The van der Waals surface area contributed by atoms with E-state index in [1.54, 1.807) is 36.5 Å². The number of nitriles is 1. The average Bonchev–Trinajstić information content (AvgIpc) is 3.43. The van der Waals surface area contributed by atoms with Crippen LogP contribution in [0.25, 0.3) is 22.4 Å². The minimum absolute atomic E-state index is 0.278. The lowest BCUT2D eigenvalue weighted by Crippen LogP contribution is -1.97. The van der Waals surface area contributed by atoms with Gasteiger partial charge in [-0.15, -0.1) is 11.3 Å². The second-order valence-corrected chi connectivity index (χ2v) is 8.96. The van der Waals surface area contributed by atoms with Crippen molar-refractivity contribution >= 4 is 28.4 Å². The highest BCUT2D eigenvalue weighted by Gasteiger charge is 2.17. The zero-order valence-corrected chi connectivity index (χ0v) is 19.7. The molecule has 0 aliphatic heterocycles. The number of nitrogens with zero attached hydrogens (tertiary/aromatic N) is 4. The zero-order valence-electron chi connectivity index (χ0n) is 18.1. The molecule has 0 fully saturated rings. The first-order chi connectivity index (χ1) is 17.2. The molecule has 0 aliphatic rings. The van der Waals surface area contributed by atoms with Gasteiger partial charge in [-0.2, -0.15) is 9.65 Å². The van der Waals surface area contributed by atoms with Gasteiger partial charge >= 0.3 is 0 Å². The Morgan fingerprint density at radius 1 is 0.914 bits per heavy atom. The zero-order chi connectivity index (χ0) is 24.0. The van der Waals surface area contributed by atoms with Gasteiger partial charge in [0.1, 0.15) is 11.8 Å². The van der Waals surface area contributed by atoms with Crippen LogP contribution in [0.1, 0.15) is 5.56 Å². The number of pyridine rings is 2. The first-order valence-corrected chi connectivity index (χ1v) is 12.1. The van der Waals surface area contributed by atoms with Crippen LogP contribution in [0.5, 0.6) is 11.5 Å². The van der Waals surface area contributed by atoms with Crippen molar-refractivity contribution in [3.8, 4) is 40.0 Å². The smallest absolute Gasteiger partial charge is 0.220 e. The van der Waals surface area contributed by atoms with Gasteiger partial charge in [-0.3, -0.25) is 4.98 Å². The summed E-state index contributed by atoms with van der Waals surface area (Å²) in [4.78, 5) is 13.3. The Morgan fingerprint density at radius 2 is 1.80 bits per heavy atom. The van der Waals surface area contributed by atoms with Crippen LogP contribution < -0.4 is 9.46 Å². The number of rotatable bonds is 7. The lowest BCUT2D eigenvalue weighted by Gasteiger charge is -2.14. The molecule has 0 radical (unpaired) electrons. The summed E-state index contributed by atoms with van der Waals surface area (Å²) >= 11 is 2.83. The van der Waals surface area contributed by atoms with Crippen molar-refractivity contribution in [2.75, 3.05) is 4.72 Å². The molecule has 3 aromatic heterocycles. The van der Waals surface area contributed by atoms with Crippen molar-refractivity contribution in [3.05, 3.63) is 102 Å². The highest BCUT2D eigenvalue weighted by atomic mass is 32.2. The van der Waals surface area contributed by atoms with E-state index in [4.69, 9.17) is 4.74 Å². The number of benzene rings is 2. The third-order valence-electron chi connectivity index (χ3n) is 4.97. The molecule has 0 bridgehead atoms. The number of hydrogen-bond donors (Lipinski definition) is 1. The Bertz CT molecular complexity index is 1500. The normalized spacial score (nSPS) is 10.5. The molecule has 170 valence electrons. The number of thiazole rings is 1. The molecule has 6 nitrogen and oxygen atoms in total. The monoisotopic (exact) mass is 497 g/mol. The van der Waals surface area contributed by atoms with Gasteiger partial charge in [-0.25, -0.2) is 9.97 Å². The van der Waals surface area contributed by atoms with Gasteiger partial charge in [0.05, 0.1) is 17.5 Å². The van der Waals surface area contributed by atoms with Gasteiger partial charge in [0.2, 0.25) is 5.95 Å². The van der Waals surface area contributed by atoms with Gasteiger partial charge in [0.25, 0.3) is 0 Å². The summed E-state index contributed by atoms with van der Waals surface area (Å²) in [6.45, 7) is 0. The van der Waals surface area contributed by atoms with Crippen LogP contribution in [0.2, 0.25) is 0 Å². The van der Waals surface area contributed by atoms with Crippen LogP contribution >= 0.6 is 23.3 Å². The van der Waals surface area contributed by atoms with E-state index in [1.165, 1.54) is 35.7 Å². The minimum Gasteiger partial charge on any atom is -0.454 e. The fraction of sp³-hybridized carbons (Fsp3) is 0. The van der Waals surface area contributed by atoms with E-state index in [0.29, 0.717) is 28.3 Å². The van der Waals surface area contributed by atoms with E-state index in [9.17, 15) is 9.65 Å². The lowest BCUT2D eigenvalue weighted by molar-refractivity contribution is 0.479. The van der Waals surface area contributed by atoms with Crippen molar-refractivity contribution < 1.29 is 9.13 Å². The minimum atomic E-state index is -0.622. The Kier molecular flexibility index (Phi) is 6.66. The van der Waals surface area contributed by atoms with Crippen molar-refractivity contribution in [2.24, 2.45) is 0 Å². The van der Waals surface area contributed by atoms with E-state index < -0.39 is 5.95 Å². The molecule has 0 saturated carbocycles. The fourth-order valence-corrected chi connectivity index (χ4v) is 4.59. The van der Waals surface area contributed by atoms with Crippen LogP contribution in [0.3, 0.4) is 0 Å². The molecule has 35 heavy (non-hydrogen) atoms. The predicted octanol–water partition coefficient (Wildman–Crippen LogP) is 7.19. The molecule has 3 heterocycles. The van der Waals surface area contributed by atoms with Gasteiger partial charge in [-0.1, -0.05) is 30.3 Å². The van der Waals surface area contributed by atoms with Crippen molar-refractivity contribution in [3.63, 3.8) is 0 Å². The summed E-state index contributed by atoms with van der Waals surface area (Å²) in [5.41, 5.74) is 2.64. The molecule has 0 saturated heterocycles. The summed E-state index contributed by atoms with van der Waals surface area (Å²) in [7, 11) is 0. The van der Waals surface area contributed by atoms with Crippen LogP contribution in [0.4, 0.5) is 9.52 Å². The Morgan fingerprint density at radius 3 is 2.57 bits per heavy atom. The van der Waals surface area contributed by atoms with Gasteiger partial charge in [0.15, 0.2) is 10.9 Å². The molecule has 5 rings (SSSR count). The van der Waals surface area contributed by atoms with Gasteiger partial charge < -0.3 is 9.46 Å². The number of halogens is 1. The maximum atomic E-state index is 14.7. The maximum absolute atomic E-state index is 14.7. The van der Waals surface area contributed by atoms with Crippen LogP contribution in [0, 0.1) is 17.3 Å². The topological polar surface area (TPSA) is 83.7 Å². The first-order valence-electron chi connectivity index (χ1n) is 10.4. The molecule has 0 unspecified atom stereocenters. The van der Waals surface area contributed by atoms with Crippen LogP contribution in [0.15, 0.2) is 95.6 Å². The molecule has 0 spiro atoms. The molecule has 2 aromatic carbocycles. The summed E-state index contributed by atoms with van der Waals surface area (Å²) in [6, 6.07) is 22.1. The number of hydrogen-bond acceptors (Lipinski definition) is 8. The number of nitrogens with one attached hydrogen (secondary N) is 1. The highest BCUT2D eigenvalue weighted by molar-refractivity contribution is 8.00. The molecule has 5 aromatic rings. The molecular weight excluding hydrogens is 481 g/mol. The predicted molar refractivity (Wildman–Crippen MR) is 136 cm³/mol. The second kappa shape index (κ2) is 10.3. The average molecular weight is 498 g/mol. The van der Waals surface area contributed by atoms with Gasteiger partial charge in [-0.05, 0) is 48.3 Å². The standard InChI is InChI=1S/C26H16FN5OS2/c27-25-20(7-4-10-29-25)21-14-22(17-5-2-1-3-6-17)31-16-24(21)33-23-9-8-19(13-18(23)15-28)35-32-26-30-11-12-34-26/h1-14,16H,(H,30,32). The molecule has 0 amide bonds. The lowest BCUT2D eigenvalue weighted by atomic mass is 10.0. The van der Waals surface area contributed by atoms with Crippen LogP contribution in [-0.4, -0.2) is 15.0 Å². The maximum Gasteiger partial charge on any atom is 0.220 e. The fourth-order valence-electron chi connectivity index (χ4n) is 3.33. The molecular formula is C26H16FN5OS2. The SMILES string of the molecule is N#Cc1cc(SNc2nccs2)ccc1Oc1cnc(-c2ccccc2)cc1-c1cccnc1F. The van der Waals surface area contributed by atoms with Crippen LogP contribution in [-0.2, 0) is 0 Å². The largest absolute Gasteiger partial charge is 0.454 e. The second-order valence-electron chi connectivity index (χ2n) is 7.19. The third-order valence-corrected chi connectivity index (χ3v) is 6.57. The molecule has 9 heteroatoms. The highest BCUT2D eigenvalue weighted by Crippen LogP contribution is 2.38. The summed E-state index contributed by atoms with van der Waals surface area (Å²) in [5.74, 6) is 0.0309. The van der Waals surface area contributed by atoms with E-state index in [-0.39, 0.29) is 5.56 Å². The quantitative estimate of drug-likeness (QED) is 0.188. The summed E-state index contributed by atoms with van der Waals surface area (Å²) in [5, 5.41) is 12.4. The third kappa shape index (κ3) is 5.14. The van der Waals surface area contributed by atoms with E-state index in [1.807, 2.05) is 41.8 Å². The molecule has 0 atom stereocenters. The van der Waals surface area contributed by atoms with Crippen molar-refractivity contribution in [1.82, 2.24) is 15.0 Å². The van der Waals surface area contributed by atoms with E-state index in [2.05, 4.69) is 25.7 Å². The van der Waals surface area contributed by atoms with E-state index >= 15 is 0 Å². The Labute approximate surface area is 209 Å². The summed E-state index contributed by atoms with van der Waals surface area (Å²) < 4.78 is 23.9. The number of aromatic nitrogens is 3. The Hall–Kier alpha value is -4.26. The van der Waals surface area contributed by atoms with Crippen molar-refractivity contribution in [1.29, 1.82) is 5.26 Å². The number of ether oxygens (including phenoxy) is 1. The first kappa shape index (κ1) is 22.5. The Balaban J connectivity index is 1.49. The van der Waals surface area contributed by atoms with Gasteiger partial charge in [0, 0.05) is 39.4 Å². The molecule has 0 aliphatic carbocycles.